The molecule has 0 fully saturated rings. The summed E-state index contributed by atoms with van der Waals surface area (Å²) in [6.45, 7) is 4.90. The molecule has 2 aromatic carbocycles. The van der Waals surface area contributed by atoms with Gasteiger partial charge in [0.05, 0.1) is 19.6 Å². The molecule has 0 heterocycles. The average molecular weight is 641 g/mol. The molecular formula is C33H44N4O9. The zero-order chi connectivity index (χ0) is 34.1. The second-order valence-corrected chi connectivity index (χ2v) is 10.6. The molecule has 0 bridgehead atoms. The topological polar surface area (TPSA) is 203 Å². The number of carboxylic acid groups (broad SMARTS) is 1. The van der Waals surface area contributed by atoms with Crippen LogP contribution in [-0.2, 0) is 44.7 Å². The first-order valence-corrected chi connectivity index (χ1v) is 15.3. The zero-order valence-corrected chi connectivity index (χ0v) is 26.5. The van der Waals surface area contributed by atoms with Crippen molar-refractivity contribution >= 4 is 35.6 Å². The van der Waals surface area contributed by atoms with E-state index in [1.54, 1.807) is 13.8 Å². The van der Waals surface area contributed by atoms with Gasteiger partial charge >= 0.3 is 17.9 Å². The predicted octanol–water partition coefficient (Wildman–Crippen LogP) is 1.86. The molecule has 0 aromatic heterocycles. The Kier molecular flexibility index (Phi) is 15.9. The van der Waals surface area contributed by atoms with Crippen molar-refractivity contribution in [2.75, 3.05) is 13.2 Å². The standard InChI is InChI=1S/C33H44N4O9/c1-4-45-32(43)25(34)12-9-13-26(31(41)42)36-28(38)19-18-27(33(44)46-5-2)37-30(40)21(3)35-29(39)20-22-14-16-24(17-15-22)23-10-7-6-8-11-23/h6-8,10-11,14-17,21,25-27H,4-5,9,12-13,18-20,34H2,1-3H3,(H,35,39)(H,36,38)(H,37,40)(H,41,42). The lowest BCUT2D eigenvalue weighted by molar-refractivity contribution is -0.148. The molecule has 0 saturated heterocycles. The lowest BCUT2D eigenvalue weighted by atomic mass is 10.0. The highest BCUT2D eigenvalue weighted by molar-refractivity contribution is 5.91. The summed E-state index contributed by atoms with van der Waals surface area (Å²) >= 11 is 0. The predicted molar refractivity (Wildman–Crippen MR) is 169 cm³/mol. The van der Waals surface area contributed by atoms with E-state index >= 15 is 0 Å². The molecule has 4 atom stereocenters. The highest BCUT2D eigenvalue weighted by Crippen LogP contribution is 2.19. The molecule has 13 nitrogen and oxygen atoms in total. The number of esters is 2. The first-order valence-electron chi connectivity index (χ1n) is 15.3. The van der Waals surface area contributed by atoms with E-state index in [1.807, 2.05) is 54.6 Å². The van der Waals surface area contributed by atoms with Gasteiger partial charge in [0.1, 0.15) is 24.2 Å². The van der Waals surface area contributed by atoms with Crippen molar-refractivity contribution in [3.8, 4) is 11.1 Å². The van der Waals surface area contributed by atoms with Crippen molar-refractivity contribution in [1.29, 1.82) is 0 Å². The van der Waals surface area contributed by atoms with Crippen molar-refractivity contribution in [2.24, 2.45) is 5.73 Å². The number of nitrogens with one attached hydrogen (secondary N) is 3. The number of carboxylic acids is 1. The molecule has 0 aliphatic rings. The summed E-state index contributed by atoms with van der Waals surface area (Å²) in [6.07, 6.45) is -0.0131. The van der Waals surface area contributed by atoms with E-state index in [9.17, 15) is 33.9 Å². The molecule has 2 rings (SSSR count). The van der Waals surface area contributed by atoms with Gasteiger partial charge in [-0.1, -0.05) is 54.6 Å². The van der Waals surface area contributed by atoms with Crippen LogP contribution in [0.5, 0.6) is 0 Å². The van der Waals surface area contributed by atoms with Crippen LogP contribution < -0.4 is 21.7 Å². The number of hydrogen-bond acceptors (Lipinski definition) is 9. The SMILES string of the molecule is CCOC(=O)C(N)CCCC(NC(=O)CCC(NC(=O)C(C)NC(=O)Cc1ccc(-c2ccccc2)cc1)C(=O)OCC)C(=O)O. The third-order valence-electron chi connectivity index (χ3n) is 6.97. The maximum absolute atomic E-state index is 12.9. The minimum atomic E-state index is -1.27. The molecule has 0 radical (unpaired) electrons. The van der Waals surface area contributed by atoms with Crippen molar-refractivity contribution in [1.82, 2.24) is 16.0 Å². The van der Waals surface area contributed by atoms with Gasteiger partial charge < -0.3 is 36.3 Å². The summed E-state index contributed by atoms with van der Waals surface area (Å²) in [4.78, 5) is 74.0. The van der Waals surface area contributed by atoms with Gasteiger partial charge in [0.25, 0.3) is 0 Å². The third-order valence-corrected chi connectivity index (χ3v) is 6.97. The van der Waals surface area contributed by atoms with Gasteiger partial charge in [-0.25, -0.2) is 9.59 Å². The largest absolute Gasteiger partial charge is 0.480 e. The van der Waals surface area contributed by atoms with Gasteiger partial charge in [0.15, 0.2) is 0 Å². The summed E-state index contributed by atoms with van der Waals surface area (Å²) < 4.78 is 9.86. The highest BCUT2D eigenvalue weighted by Gasteiger charge is 2.27. The van der Waals surface area contributed by atoms with Crippen molar-refractivity contribution < 1.29 is 43.3 Å². The quantitative estimate of drug-likeness (QED) is 0.141. The van der Waals surface area contributed by atoms with Crippen LogP contribution in [0.25, 0.3) is 11.1 Å². The summed E-state index contributed by atoms with van der Waals surface area (Å²) in [7, 11) is 0. The second-order valence-electron chi connectivity index (χ2n) is 10.6. The molecule has 0 saturated carbocycles. The number of ether oxygens (including phenoxy) is 2. The zero-order valence-electron chi connectivity index (χ0n) is 26.5. The van der Waals surface area contributed by atoms with E-state index in [0.29, 0.717) is 0 Å². The highest BCUT2D eigenvalue weighted by atomic mass is 16.5. The van der Waals surface area contributed by atoms with Crippen molar-refractivity contribution in [2.45, 2.75) is 83.5 Å². The van der Waals surface area contributed by atoms with Gasteiger partial charge in [-0.05, 0) is 63.1 Å². The van der Waals surface area contributed by atoms with E-state index in [1.165, 1.54) is 6.92 Å². The normalized spacial score (nSPS) is 13.3. The first-order chi connectivity index (χ1) is 21.9. The fraction of sp³-hybridized carbons (Fsp3) is 0.455. The van der Waals surface area contributed by atoms with Gasteiger partial charge in [-0.15, -0.1) is 0 Å². The summed E-state index contributed by atoms with van der Waals surface area (Å²) in [5.41, 5.74) is 8.54. The van der Waals surface area contributed by atoms with Crippen LogP contribution in [0.2, 0.25) is 0 Å². The number of aliphatic carboxylic acids is 1. The first kappa shape index (κ1) is 37.4. The van der Waals surface area contributed by atoms with Crippen molar-refractivity contribution in [3.63, 3.8) is 0 Å². The van der Waals surface area contributed by atoms with Gasteiger partial charge in [0, 0.05) is 6.42 Å². The lowest BCUT2D eigenvalue weighted by Gasteiger charge is -2.21. The van der Waals surface area contributed by atoms with Crippen LogP contribution in [-0.4, -0.2) is 78.1 Å². The van der Waals surface area contributed by atoms with E-state index in [-0.39, 0.29) is 51.7 Å². The van der Waals surface area contributed by atoms with Gasteiger partial charge in [-0.2, -0.15) is 0 Å². The molecule has 46 heavy (non-hydrogen) atoms. The molecule has 4 unspecified atom stereocenters. The van der Waals surface area contributed by atoms with Crippen molar-refractivity contribution in [3.05, 3.63) is 60.2 Å². The van der Waals surface area contributed by atoms with Crippen LogP contribution in [0.1, 0.15) is 58.4 Å². The Balaban J connectivity index is 1.88. The molecule has 0 aliphatic heterocycles. The van der Waals surface area contributed by atoms with E-state index in [4.69, 9.17) is 15.2 Å². The molecule has 3 amide bonds. The number of carbonyl (C=O) groups excluding carboxylic acids is 5. The number of amides is 3. The molecular weight excluding hydrogens is 596 g/mol. The number of rotatable bonds is 19. The Morgan fingerprint density at radius 2 is 1.35 bits per heavy atom. The van der Waals surface area contributed by atoms with Crippen LogP contribution in [0.4, 0.5) is 0 Å². The van der Waals surface area contributed by atoms with Crippen LogP contribution >= 0.6 is 0 Å². The van der Waals surface area contributed by atoms with Gasteiger partial charge in [0.2, 0.25) is 17.7 Å². The minimum Gasteiger partial charge on any atom is -0.480 e. The number of nitrogens with two attached hydrogens (primary N) is 1. The van der Waals surface area contributed by atoms with Crippen LogP contribution in [0.15, 0.2) is 54.6 Å². The number of benzene rings is 2. The van der Waals surface area contributed by atoms with Crippen LogP contribution in [0.3, 0.4) is 0 Å². The van der Waals surface area contributed by atoms with E-state index in [0.717, 1.165) is 16.7 Å². The molecule has 2 aromatic rings. The average Bonchev–Trinajstić information content (AvgIpc) is 3.03. The Bertz CT molecular complexity index is 1320. The van der Waals surface area contributed by atoms with E-state index in [2.05, 4.69) is 16.0 Å². The van der Waals surface area contributed by atoms with Gasteiger partial charge in [-0.3, -0.25) is 19.2 Å². The summed E-state index contributed by atoms with van der Waals surface area (Å²) in [5.74, 6) is -4.36. The molecule has 0 aliphatic carbocycles. The Morgan fingerprint density at radius 3 is 1.96 bits per heavy atom. The molecule has 250 valence electrons. The Morgan fingerprint density at radius 1 is 0.739 bits per heavy atom. The smallest absolute Gasteiger partial charge is 0.328 e. The maximum atomic E-state index is 12.9. The monoisotopic (exact) mass is 640 g/mol. The minimum absolute atomic E-state index is 0.0145. The molecule has 0 spiro atoms. The second kappa shape index (κ2) is 19.6. The summed E-state index contributed by atoms with van der Waals surface area (Å²) in [5, 5.41) is 17.0. The fourth-order valence-electron chi connectivity index (χ4n) is 4.49. The number of carbonyl (C=O) groups is 6. The fourth-order valence-corrected chi connectivity index (χ4v) is 4.49. The Labute approximate surface area is 268 Å². The third kappa shape index (κ3) is 13.1. The molecule has 13 heteroatoms. The van der Waals surface area contributed by atoms with E-state index < -0.39 is 59.8 Å². The summed E-state index contributed by atoms with van der Waals surface area (Å²) in [6, 6.07) is 12.9. The van der Waals surface area contributed by atoms with Crippen LogP contribution in [0, 0.1) is 0 Å². The Hall–Kier alpha value is -4.78. The molecule has 6 N–H and O–H groups in total. The number of hydrogen-bond donors (Lipinski definition) is 5. The maximum Gasteiger partial charge on any atom is 0.328 e. The lowest BCUT2D eigenvalue weighted by Crippen LogP contribution is -2.51.